The van der Waals surface area contributed by atoms with Crippen molar-refractivity contribution in [3.63, 3.8) is 0 Å². The van der Waals surface area contributed by atoms with Gasteiger partial charge in [0.2, 0.25) is 0 Å². The minimum atomic E-state index is -0.367. The molecule has 4 aromatic rings. The summed E-state index contributed by atoms with van der Waals surface area (Å²) in [6, 6.07) is 15.8. The molecule has 0 spiro atoms. The van der Waals surface area contributed by atoms with Crippen molar-refractivity contribution < 1.29 is 4.92 Å². The van der Waals surface area contributed by atoms with Crippen molar-refractivity contribution in [1.82, 2.24) is 9.97 Å². The van der Waals surface area contributed by atoms with E-state index in [0.717, 1.165) is 28.7 Å². The van der Waals surface area contributed by atoms with Gasteiger partial charge in [0, 0.05) is 29.2 Å². The summed E-state index contributed by atoms with van der Waals surface area (Å²) in [5.41, 5.74) is 6.01. The molecule has 1 aliphatic carbocycles. The maximum Gasteiger partial charge on any atom is 0.270 e. The molecule has 0 bridgehead atoms. The molecule has 0 N–H and O–H groups in total. The standard InChI is InChI=1S/C23H22N4O2S/c28-27(29)20-9-10-21-16(12-20)6-7-17(25-21)14-26(18-4-2-1-3-5-18)19-8-11-22-23(13-19)30-15-24-22/h6-13,15,18H,1-5,14H2. The molecule has 2 aromatic carbocycles. The molecule has 5 rings (SSSR count). The monoisotopic (exact) mass is 418 g/mol. The van der Waals surface area contributed by atoms with Crippen LogP contribution in [0.3, 0.4) is 0 Å². The SMILES string of the molecule is O=[N+]([O-])c1ccc2nc(CN(c3ccc4ncsc4c3)C3CCCCC3)ccc2c1. The summed E-state index contributed by atoms with van der Waals surface area (Å²) < 4.78 is 1.20. The fourth-order valence-electron chi connectivity index (χ4n) is 4.38. The van der Waals surface area contributed by atoms with Gasteiger partial charge in [-0.25, -0.2) is 4.98 Å². The van der Waals surface area contributed by atoms with Gasteiger partial charge in [0.05, 0.1) is 38.4 Å². The summed E-state index contributed by atoms with van der Waals surface area (Å²) in [5.74, 6) is 0. The lowest BCUT2D eigenvalue weighted by molar-refractivity contribution is -0.384. The zero-order valence-corrected chi connectivity index (χ0v) is 17.3. The van der Waals surface area contributed by atoms with E-state index in [2.05, 4.69) is 28.1 Å². The van der Waals surface area contributed by atoms with Crippen LogP contribution < -0.4 is 4.90 Å². The number of thiazole rings is 1. The van der Waals surface area contributed by atoms with Gasteiger partial charge in [0.25, 0.3) is 5.69 Å². The third kappa shape index (κ3) is 3.73. The van der Waals surface area contributed by atoms with Crippen LogP contribution in [0, 0.1) is 10.1 Å². The van der Waals surface area contributed by atoms with E-state index in [-0.39, 0.29) is 10.6 Å². The van der Waals surface area contributed by atoms with Gasteiger partial charge < -0.3 is 4.90 Å². The molecule has 30 heavy (non-hydrogen) atoms. The van der Waals surface area contributed by atoms with E-state index in [1.807, 2.05) is 17.6 Å². The lowest BCUT2D eigenvalue weighted by Gasteiger charge is -2.36. The number of non-ortho nitro benzene ring substituents is 1. The molecule has 0 unspecified atom stereocenters. The van der Waals surface area contributed by atoms with E-state index >= 15 is 0 Å². The molecule has 2 heterocycles. The number of hydrogen-bond acceptors (Lipinski definition) is 6. The van der Waals surface area contributed by atoms with Gasteiger partial charge in [-0.1, -0.05) is 25.3 Å². The molecule has 0 amide bonds. The molecular formula is C23H22N4O2S. The van der Waals surface area contributed by atoms with Gasteiger partial charge in [-0.3, -0.25) is 15.1 Å². The van der Waals surface area contributed by atoms with Crippen molar-refractivity contribution >= 4 is 43.8 Å². The number of hydrogen-bond donors (Lipinski definition) is 0. The molecular weight excluding hydrogens is 396 g/mol. The van der Waals surface area contributed by atoms with E-state index in [1.54, 1.807) is 23.5 Å². The minimum absolute atomic E-state index is 0.0961. The van der Waals surface area contributed by atoms with Crippen LogP contribution in [0.5, 0.6) is 0 Å². The fourth-order valence-corrected chi connectivity index (χ4v) is 5.09. The Morgan fingerprint density at radius 1 is 1.03 bits per heavy atom. The molecule has 0 atom stereocenters. The van der Waals surface area contributed by atoms with Crippen molar-refractivity contribution in [2.24, 2.45) is 0 Å². The van der Waals surface area contributed by atoms with Crippen LogP contribution in [0.4, 0.5) is 11.4 Å². The first-order valence-electron chi connectivity index (χ1n) is 10.3. The first-order valence-corrected chi connectivity index (χ1v) is 11.2. The van der Waals surface area contributed by atoms with Crippen LogP contribution >= 0.6 is 11.3 Å². The number of pyridine rings is 1. The van der Waals surface area contributed by atoms with Gasteiger partial charge in [-0.15, -0.1) is 11.3 Å². The average Bonchev–Trinajstić information content (AvgIpc) is 3.25. The number of nitro benzene ring substituents is 1. The van der Waals surface area contributed by atoms with Crippen LogP contribution in [0.15, 0.2) is 54.0 Å². The van der Waals surface area contributed by atoms with Crippen LogP contribution in [0.1, 0.15) is 37.8 Å². The highest BCUT2D eigenvalue weighted by atomic mass is 32.1. The zero-order valence-electron chi connectivity index (χ0n) is 16.5. The fraction of sp³-hybridized carbons (Fsp3) is 0.304. The summed E-state index contributed by atoms with van der Waals surface area (Å²) in [6.45, 7) is 0.724. The molecule has 6 nitrogen and oxygen atoms in total. The molecule has 0 saturated heterocycles. The largest absolute Gasteiger partial charge is 0.363 e. The van der Waals surface area contributed by atoms with Crippen LogP contribution in [-0.2, 0) is 6.54 Å². The lowest BCUT2D eigenvalue weighted by atomic mass is 9.93. The summed E-state index contributed by atoms with van der Waals surface area (Å²) in [7, 11) is 0. The highest BCUT2D eigenvalue weighted by molar-refractivity contribution is 7.16. The predicted molar refractivity (Wildman–Crippen MR) is 121 cm³/mol. The number of aromatic nitrogens is 2. The highest BCUT2D eigenvalue weighted by Gasteiger charge is 2.23. The Balaban J connectivity index is 1.49. The van der Waals surface area contributed by atoms with Gasteiger partial charge in [0.1, 0.15) is 0 Å². The van der Waals surface area contributed by atoms with Gasteiger partial charge >= 0.3 is 0 Å². The summed E-state index contributed by atoms with van der Waals surface area (Å²) in [5, 5.41) is 11.8. The molecule has 1 saturated carbocycles. The number of rotatable bonds is 5. The van der Waals surface area contributed by atoms with E-state index in [1.165, 1.54) is 48.6 Å². The van der Waals surface area contributed by atoms with Gasteiger partial charge in [0.15, 0.2) is 0 Å². The molecule has 152 valence electrons. The number of nitrogens with zero attached hydrogens (tertiary/aromatic N) is 4. The summed E-state index contributed by atoms with van der Waals surface area (Å²) >= 11 is 1.67. The zero-order chi connectivity index (χ0) is 20.5. The Kier molecular flexibility index (Phi) is 5.04. The van der Waals surface area contributed by atoms with Gasteiger partial charge in [-0.05, 0) is 43.2 Å². The molecule has 0 radical (unpaired) electrons. The Morgan fingerprint density at radius 2 is 1.87 bits per heavy atom. The number of anilines is 1. The first kappa shape index (κ1) is 18.9. The third-order valence-electron chi connectivity index (χ3n) is 5.94. The molecule has 1 aliphatic rings. The maximum absolute atomic E-state index is 11.0. The van der Waals surface area contributed by atoms with Crippen molar-refractivity contribution in [2.45, 2.75) is 44.7 Å². The van der Waals surface area contributed by atoms with Crippen LogP contribution in [-0.4, -0.2) is 20.9 Å². The normalized spacial score (nSPS) is 14.9. The second-order valence-corrected chi connectivity index (χ2v) is 8.75. The first-order chi connectivity index (χ1) is 14.7. The second-order valence-electron chi connectivity index (χ2n) is 7.86. The third-order valence-corrected chi connectivity index (χ3v) is 6.73. The van der Waals surface area contributed by atoms with E-state index in [9.17, 15) is 10.1 Å². The van der Waals surface area contributed by atoms with Crippen molar-refractivity contribution in [3.8, 4) is 0 Å². The van der Waals surface area contributed by atoms with Crippen molar-refractivity contribution in [3.05, 3.63) is 69.8 Å². The average molecular weight is 419 g/mol. The maximum atomic E-state index is 11.0. The van der Waals surface area contributed by atoms with E-state index in [0.29, 0.717) is 6.04 Å². The molecule has 0 aliphatic heterocycles. The number of benzene rings is 2. The van der Waals surface area contributed by atoms with Gasteiger partial charge in [-0.2, -0.15) is 0 Å². The van der Waals surface area contributed by atoms with Crippen LogP contribution in [0.25, 0.3) is 21.1 Å². The second kappa shape index (κ2) is 7.99. The summed E-state index contributed by atoms with van der Waals surface area (Å²) in [4.78, 5) is 22.4. The Bertz CT molecular complexity index is 1220. The van der Waals surface area contributed by atoms with Crippen molar-refractivity contribution in [1.29, 1.82) is 0 Å². The lowest BCUT2D eigenvalue weighted by Crippen LogP contribution is -2.36. The quantitative estimate of drug-likeness (QED) is 0.290. The Labute approximate surface area is 178 Å². The Morgan fingerprint density at radius 3 is 2.70 bits per heavy atom. The predicted octanol–water partition coefficient (Wildman–Crippen LogP) is 6.09. The molecule has 2 aromatic heterocycles. The minimum Gasteiger partial charge on any atom is -0.363 e. The van der Waals surface area contributed by atoms with Crippen LogP contribution in [0.2, 0.25) is 0 Å². The topological polar surface area (TPSA) is 72.2 Å². The highest BCUT2D eigenvalue weighted by Crippen LogP contribution is 2.32. The van der Waals surface area contributed by atoms with E-state index < -0.39 is 0 Å². The number of fused-ring (bicyclic) bond motifs is 2. The Hall–Kier alpha value is -3.06. The smallest absolute Gasteiger partial charge is 0.270 e. The number of nitro groups is 1. The van der Waals surface area contributed by atoms with Crippen molar-refractivity contribution in [2.75, 3.05) is 4.90 Å². The molecule has 1 fully saturated rings. The summed E-state index contributed by atoms with van der Waals surface area (Å²) in [6.07, 6.45) is 6.23. The molecule has 7 heteroatoms. The van der Waals surface area contributed by atoms with E-state index in [4.69, 9.17) is 4.98 Å².